The second kappa shape index (κ2) is 37.1. The zero-order valence-corrected chi connectivity index (χ0v) is 52.7. The molecule has 88 heavy (non-hydrogen) atoms. The maximum absolute atomic E-state index is 14.8. The fraction of sp³-hybridized carbons (Fsp3) is 0.650. The molecule has 0 radical (unpaired) electrons. The number of unbranched alkanes of at least 4 members (excludes halogenated alkanes) is 1. The largest absolute Gasteiger partial charge is 0.480 e. The van der Waals surface area contributed by atoms with Crippen LogP contribution in [0, 0.1) is 5.92 Å². The van der Waals surface area contributed by atoms with E-state index < -0.39 is 95.8 Å². The molecule has 3 fully saturated rings. The average molecular weight is 1270 g/mol. The van der Waals surface area contributed by atoms with Crippen molar-refractivity contribution in [3.8, 4) is 0 Å². The first kappa shape index (κ1) is 71.0. The van der Waals surface area contributed by atoms with Gasteiger partial charge in [-0.2, -0.15) is 23.5 Å². The van der Waals surface area contributed by atoms with Gasteiger partial charge in [0.05, 0.1) is 12.0 Å². The first-order valence-electron chi connectivity index (χ1n) is 31.1. The second-order valence-corrected chi connectivity index (χ2v) is 25.1. The Kier molecular flexibility index (Phi) is 30.0. The number of thioether (sulfide) groups is 2. The molecular weight excluding hydrogens is 1170 g/mol. The third-order valence-electron chi connectivity index (χ3n) is 16.1. The van der Waals surface area contributed by atoms with Gasteiger partial charge in [0.2, 0.25) is 41.4 Å². The lowest BCUT2D eigenvalue weighted by molar-refractivity contribution is -0.147. The Morgan fingerprint density at radius 3 is 1.91 bits per heavy atom. The quantitative estimate of drug-likeness (QED) is 0.0588. The molecular formula is C60H95N15O11S2. The molecule has 488 valence electrons. The lowest BCUT2D eigenvalue weighted by atomic mass is 10.0. The van der Waals surface area contributed by atoms with Crippen molar-refractivity contribution in [2.75, 3.05) is 103 Å². The summed E-state index contributed by atoms with van der Waals surface area (Å²) in [6.45, 7) is 10.0. The number of benzene rings is 2. The summed E-state index contributed by atoms with van der Waals surface area (Å²) in [7, 11) is 0. The lowest BCUT2D eigenvalue weighted by Gasteiger charge is -2.36. The molecule has 2 aromatic carbocycles. The number of nitrogens with two attached hydrogens (primary N) is 3. The number of urea groups is 1. The van der Waals surface area contributed by atoms with Gasteiger partial charge in [-0.15, -0.1) is 0 Å². The number of rotatable bonds is 22. The molecule has 2 aromatic rings. The van der Waals surface area contributed by atoms with Crippen LogP contribution in [0.25, 0.3) is 0 Å². The smallest absolute Gasteiger partial charge is 0.327 e. The van der Waals surface area contributed by atoms with Crippen LogP contribution >= 0.6 is 23.5 Å². The number of carboxylic acids is 1. The Bertz CT molecular complexity index is 2610. The normalized spacial score (nSPS) is 23.9. The molecule has 0 aliphatic carbocycles. The number of hydrogen-bond donors (Lipinski definition) is 13. The van der Waals surface area contributed by atoms with Crippen LogP contribution in [-0.4, -0.2) is 235 Å². The topological polar surface area (TPSA) is 381 Å². The number of aliphatic carboxylic acids is 1. The van der Waals surface area contributed by atoms with Gasteiger partial charge in [0, 0.05) is 121 Å². The number of nitrogens with zero attached hydrogens (tertiary/aromatic N) is 4. The van der Waals surface area contributed by atoms with Crippen molar-refractivity contribution in [1.82, 2.24) is 62.1 Å². The SMILES string of the molecule is CCCCNC(=O)N[C@H]1CSCc2cc(cc(CN3CCN(C(=O)C(CNCCN)CNCCN)CC3)c2)CSC[C@@H](C(=O)O)NC(=O)[C@H](Cc2ccccc2)NC(=O)[C@H](CCCN)NC(=O)[C@H]([C@@H](C)O)NC(=O)[C@@H]2CCCN2C(=O)[C@@H]2CCCN2C1=O. The molecule has 16 N–H and O–H groups in total. The number of nitrogens with one attached hydrogen (secondary N) is 8. The van der Waals surface area contributed by atoms with E-state index in [4.69, 9.17) is 17.2 Å². The summed E-state index contributed by atoms with van der Waals surface area (Å²) in [5, 5.41) is 44.5. The van der Waals surface area contributed by atoms with E-state index >= 15 is 0 Å². The van der Waals surface area contributed by atoms with E-state index in [9.17, 15) is 53.4 Å². The van der Waals surface area contributed by atoms with Gasteiger partial charge in [0.25, 0.3) is 0 Å². The number of amides is 9. The van der Waals surface area contributed by atoms with Gasteiger partial charge in [-0.25, -0.2) is 9.59 Å². The third-order valence-corrected chi connectivity index (χ3v) is 18.3. The molecule has 9 amide bonds. The van der Waals surface area contributed by atoms with Crippen molar-refractivity contribution in [1.29, 1.82) is 0 Å². The molecule has 3 saturated heterocycles. The number of aliphatic hydroxyl groups excluding tert-OH is 1. The summed E-state index contributed by atoms with van der Waals surface area (Å²) in [6.07, 6.45) is 1.70. The Labute approximate surface area is 525 Å². The van der Waals surface area contributed by atoms with E-state index in [1.54, 1.807) is 30.3 Å². The first-order chi connectivity index (χ1) is 42.4. The lowest BCUT2D eigenvalue weighted by Crippen LogP contribution is -2.61. The average Bonchev–Trinajstić information content (AvgIpc) is 2.90. The minimum Gasteiger partial charge on any atom is -0.480 e. The second-order valence-electron chi connectivity index (χ2n) is 23.0. The molecule has 0 saturated carbocycles. The number of fused-ring (bicyclic) bond motifs is 4. The van der Waals surface area contributed by atoms with Crippen LogP contribution in [0.5, 0.6) is 0 Å². The number of carboxylic acid groups (broad SMARTS) is 1. The van der Waals surface area contributed by atoms with E-state index in [2.05, 4.69) is 59.6 Å². The minimum absolute atomic E-state index is 0.00754. The Balaban J connectivity index is 1.32. The maximum Gasteiger partial charge on any atom is 0.327 e. The molecule has 8 atom stereocenters. The molecule has 0 aromatic heterocycles. The molecule has 4 aliphatic rings. The highest BCUT2D eigenvalue weighted by Gasteiger charge is 2.45. The summed E-state index contributed by atoms with van der Waals surface area (Å²) < 4.78 is 0. The molecule has 26 nitrogen and oxygen atoms in total. The van der Waals surface area contributed by atoms with Gasteiger partial charge in [-0.1, -0.05) is 61.9 Å². The number of piperazine rings is 1. The minimum atomic E-state index is -1.60. The molecule has 2 bridgehead atoms. The molecule has 6 rings (SSSR count). The Morgan fingerprint density at radius 2 is 1.30 bits per heavy atom. The fourth-order valence-electron chi connectivity index (χ4n) is 11.4. The Hall–Kier alpha value is -6.11. The van der Waals surface area contributed by atoms with Crippen LogP contribution in [0.3, 0.4) is 0 Å². The van der Waals surface area contributed by atoms with Crippen molar-refractivity contribution < 1.29 is 53.4 Å². The van der Waals surface area contributed by atoms with Gasteiger partial charge in [-0.3, -0.25) is 38.5 Å². The van der Waals surface area contributed by atoms with Gasteiger partial charge >= 0.3 is 12.0 Å². The van der Waals surface area contributed by atoms with Gasteiger partial charge in [0.15, 0.2) is 0 Å². The van der Waals surface area contributed by atoms with Gasteiger partial charge < -0.3 is 84.6 Å². The number of carbonyl (C=O) groups is 9. The highest BCUT2D eigenvalue weighted by Crippen LogP contribution is 2.28. The predicted molar refractivity (Wildman–Crippen MR) is 338 cm³/mol. The Morgan fingerprint density at radius 1 is 0.682 bits per heavy atom. The number of hydrogen-bond acceptors (Lipinski definition) is 18. The van der Waals surface area contributed by atoms with Crippen molar-refractivity contribution in [3.63, 3.8) is 0 Å². The van der Waals surface area contributed by atoms with Gasteiger partial charge in [0.1, 0.15) is 42.3 Å². The van der Waals surface area contributed by atoms with Crippen molar-refractivity contribution in [2.45, 2.75) is 138 Å². The fourth-order valence-corrected chi connectivity index (χ4v) is 13.3. The number of carbonyl (C=O) groups excluding carboxylic acids is 8. The van der Waals surface area contributed by atoms with E-state index in [1.807, 2.05) is 17.9 Å². The zero-order chi connectivity index (χ0) is 63.5. The third kappa shape index (κ3) is 21.8. The van der Waals surface area contributed by atoms with Crippen LogP contribution in [-0.2, 0) is 62.8 Å². The van der Waals surface area contributed by atoms with E-state index in [0.717, 1.165) is 29.5 Å². The van der Waals surface area contributed by atoms with Crippen LogP contribution in [0.4, 0.5) is 4.79 Å². The predicted octanol–water partition coefficient (Wildman–Crippen LogP) is -1.64. The van der Waals surface area contributed by atoms with Crippen LogP contribution < -0.4 is 59.7 Å². The van der Waals surface area contributed by atoms with Crippen molar-refractivity contribution in [2.24, 2.45) is 23.1 Å². The summed E-state index contributed by atoms with van der Waals surface area (Å²) >= 11 is 2.70. The number of aliphatic hydroxyl groups is 1. The zero-order valence-electron chi connectivity index (χ0n) is 51.0. The molecule has 0 unspecified atom stereocenters. The molecule has 0 spiro atoms. The molecule has 28 heteroatoms. The monoisotopic (exact) mass is 1270 g/mol. The molecule has 4 aliphatic heterocycles. The maximum atomic E-state index is 14.8. The van der Waals surface area contributed by atoms with Crippen molar-refractivity contribution >= 4 is 76.9 Å². The van der Waals surface area contributed by atoms with Gasteiger partial charge in [-0.05, 0) is 80.7 Å². The summed E-state index contributed by atoms with van der Waals surface area (Å²) in [4.78, 5) is 134. The van der Waals surface area contributed by atoms with E-state index in [-0.39, 0.29) is 68.6 Å². The first-order valence-corrected chi connectivity index (χ1v) is 33.4. The summed E-state index contributed by atoms with van der Waals surface area (Å²) in [5.41, 5.74) is 20.7. The highest BCUT2D eigenvalue weighted by molar-refractivity contribution is 7.98. The van der Waals surface area contributed by atoms with Crippen LogP contribution in [0.1, 0.15) is 87.5 Å². The standard InChI is InChI=1S/C60H95N15O11S2/c1-3-4-19-66-60(86)70-47-37-87-35-42-28-41(34-72-24-26-73(27-25-72)56(81)44(32-64-20-17-62)33-65-21-18-63)29-43(30-42)36-88-38-48(59(84)85)69-53(78)46(31-40-11-6-5-7-12-40)68-52(77)45(13-8-16-61)67-55(80)51(39(2)76)71-54(79)49-14-9-22-74(49)58(83)50-15-10-23-75(50)57(47)82/h5-7,11-12,28-30,39,44-51,64-65,76H,3-4,8-10,13-27,31-38,61-63H2,1-2H3,(H,67,80)(H,68,77)(H,69,78)(H,71,79)(H,84,85)(H2,66,70,86)/t39-,45+,46+,47+,48+,49+,50+,51+/m1/s1. The van der Waals surface area contributed by atoms with Crippen LogP contribution in [0.2, 0.25) is 0 Å². The van der Waals surface area contributed by atoms with Crippen molar-refractivity contribution in [3.05, 3.63) is 70.8 Å². The summed E-state index contributed by atoms with van der Waals surface area (Å²) in [5.74, 6) is -4.93. The molecule has 4 heterocycles. The van der Waals surface area contributed by atoms with Crippen LogP contribution in [0.15, 0.2) is 48.5 Å². The van der Waals surface area contributed by atoms with E-state index in [1.165, 1.54) is 40.2 Å². The summed E-state index contributed by atoms with van der Waals surface area (Å²) in [6, 6.07) is 5.67. The highest BCUT2D eigenvalue weighted by atomic mass is 32.2. The van der Waals surface area contributed by atoms with E-state index in [0.29, 0.717) is 115 Å².